The summed E-state index contributed by atoms with van der Waals surface area (Å²) in [6.07, 6.45) is 0. The summed E-state index contributed by atoms with van der Waals surface area (Å²) in [5.41, 5.74) is 4.99. The fourth-order valence-electron chi connectivity index (χ4n) is 4.22. The minimum absolute atomic E-state index is 0.0275. The quantitative estimate of drug-likeness (QED) is 0.377. The van der Waals surface area contributed by atoms with Crippen molar-refractivity contribution in [3.8, 4) is 5.75 Å². The maximum Gasteiger partial charge on any atom is 0.173 e. The van der Waals surface area contributed by atoms with E-state index in [4.69, 9.17) is 4.74 Å². The molecule has 0 bridgehead atoms. The van der Waals surface area contributed by atoms with Gasteiger partial charge in [-0.15, -0.1) is 0 Å². The van der Waals surface area contributed by atoms with Gasteiger partial charge in [0.05, 0.1) is 10.9 Å². The molecule has 0 fully saturated rings. The lowest BCUT2D eigenvalue weighted by molar-refractivity contribution is 0.126. The van der Waals surface area contributed by atoms with Gasteiger partial charge in [0.1, 0.15) is 11.4 Å². The molecule has 3 aromatic rings. The maximum absolute atomic E-state index is 6.60. The van der Waals surface area contributed by atoms with Gasteiger partial charge in [-0.2, -0.15) is 0 Å². The van der Waals surface area contributed by atoms with E-state index in [-0.39, 0.29) is 21.9 Å². The van der Waals surface area contributed by atoms with Gasteiger partial charge in [0.2, 0.25) is 0 Å². The highest BCUT2D eigenvalue weighted by molar-refractivity contribution is 7.97. The molecule has 0 unspecified atom stereocenters. The van der Waals surface area contributed by atoms with Crippen molar-refractivity contribution in [3.63, 3.8) is 0 Å². The van der Waals surface area contributed by atoms with Gasteiger partial charge in [0, 0.05) is 16.7 Å². The maximum atomic E-state index is 6.60. The molecule has 0 N–H and O–H groups in total. The van der Waals surface area contributed by atoms with Crippen LogP contribution in [-0.2, 0) is 16.3 Å². The lowest BCUT2D eigenvalue weighted by Gasteiger charge is -2.32. The second-order valence-electron chi connectivity index (χ2n) is 10.3. The first kappa shape index (κ1) is 23.5. The van der Waals surface area contributed by atoms with Crippen LogP contribution in [0.2, 0.25) is 0 Å². The molecule has 0 aromatic heterocycles. The molecule has 0 saturated heterocycles. The van der Waals surface area contributed by atoms with Gasteiger partial charge in [-0.1, -0.05) is 57.2 Å². The number of benzene rings is 3. The van der Waals surface area contributed by atoms with E-state index in [2.05, 4.69) is 123 Å². The molecule has 0 amide bonds. The van der Waals surface area contributed by atoms with Crippen LogP contribution in [0.15, 0.2) is 75.4 Å². The molecular formula is C29H37OS+. The third kappa shape index (κ3) is 5.01. The van der Waals surface area contributed by atoms with Crippen LogP contribution in [0.3, 0.4) is 0 Å². The molecule has 164 valence electrons. The predicted molar refractivity (Wildman–Crippen MR) is 135 cm³/mol. The molecule has 3 aromatic carbocycles. The monoisotopic (exact) mass is 433 g/mol. The summed E-state index contributed by atoms with van der Waals surface area (Å²) < 4.78 is 6.60. The van der Waals surface area contributed by atoms with Crippen LogP contribution in [0, 0.1) is 20.8 Å². The number of ether oxygens (including phenoxy) is 1. The van der Waals surface area contributed by atoms with Crippen molar-refractivity contribution in [3.05, 3.63) is 82.9 Å². The first-order chi connectivity index (χ1) is 14.4. The van der Waals surface area contributed by atoms with E-state index in [1.807, 2.05) is 0 Å². The van der Waals surface area contributed by atoms with E-state index in [1.54, 1.807) is 0 Å². The fraction of sp³-hybridized carbons (Fsp3) is 0.379. The van der Waals surface area contributed by atoms with Crippen molar-refractivity contribution < 1.29 is 4.74 Å². The zero-order chi connectivity index (χ0) is 23.0. The third-order valence-electron chi connectivity index (χ3n) is 5.51. The largest absolute Gasteiger partial charge is 0.488 e. The van der Waals surface area contributed by atoms with Crippen LogP contribution in [0.4, 0.5) is 0 Å². The van der Waals surface area contributed by atoms with Crippen LogP contribution in [-0.4, -0.2) is 5.60 Å². The van der Waals surface area contributed by atoms with Crippen molar-refractivity contribution in [2.45, 2.75) is 88.0 Å². The second kappa shape index (κ2) is 8.74. The van der Waals surface area contributed by atoms with Gasteiger partial charge in [-0.25, -0.2) is 0 Å². The minimum atomic E-state index is -0.244. The molecule has 0 heterocycles. The van der Waals surface area contributed by atoms with Gasteiger partial charge in [-0.05, 0) is 76.8 Å². The summed E-state index contributed by atoms with van der Waals surface area (Å²) in [6.45, 7) is 20.1. The van der Waals surface area contributed by atoms with E-state index >= 15 is 0 Å². The first-order valence-corrected chi connectivity index (χ1v) is 12.3. The number of hydrogen-bond acceptors (Lipinski definition) is 1. The first-order valence-electron chi connectivity index (χ1n) is 11.1. The third-order valence-corrected chi connectivity index (χ3v) is 8.01. The summed E-state index contributed by atoms with van der Waals surface area (Å²) in [7, 11) is -0.180. The van der Waals surface area contributed by atoms with Crippen LogP contribution in [0.1, 0.15) is 63.8 Å². The molecule has 0 aliphatic heterocycles. The van der Waals surface area contributed by atoms with Crippen molar-refractivity contribution >= 4 is 10.9 Å². The average molecular weight is 434 g/mol. The van der Waals surface area contributed by atoms with Crippen molar-refractivity contribution in [1.29, 1.82) is 0 Å². The summed E-state index contributed by atoms with van der Waals surface area (Å²) in [5.74, 6) is 1.06. The highest BCUT2D eigenvalue weighted by atomic mass is 32.2. The Bertz CT molecular complexity index is 999. The van der Waals surface area contributed by atoms with Gasteiger partial charge < -0.3 is 4.74 Å². The molecule has 31 heavy (non-hydrogen) atoms. The predicted octanol–water partition coefficient (Wildman–Crippen LogP) is 8.18. The minimum Gasteiger partial charge on any atom is -0.488 e. The van der Waals surface area contributed by atoms with Crippen LogP contribution < -0.4 is 4.74 Å². The van der Waals surface area contributed by atoms with E-state index < -0.39 is 0 Å². The van der Waals surface area contributed by atoms with Gasteiger partial charge in [0.15, 0.2) is 14.7 Å². The zero-order valence-corrected chi connectivity index (χ0v) is 21.4. The Morgan fingerprint density at radius 1 is 0.613 bits per heavy atom. The standard InChI is InChI=1S/C29H37OS/c1-20-21(2)27(22(3)25(28(4,5)6)26(20)30-29(7,8)9)31(23-16-12-10-13-17-23)24-18-14-11-15-19-24/h10-19H,1-9H3/q+1. The Hall–Kier alpha value is -2.19. The molecule has 0 spiro atoms. The van der Waals surface area contributed by atoms with Crippen molar-refractivity contribution in [2.24, 2.45) is 0 Å². The molecule has 0 saturated carbocycles. The van der Waals surface area contributed by atoms with Crippen molar-refractivity contribution in [1.82, 2.24) is 0 Å². The Labute approximate surface area is 192 Å². The topological polar surface area (TPSA) is 9.23 Å². The normalized spacial score (nSPS) is 12.3. The van der Waals surface area contributed by atoms with E-state index in [1.165, 1.54) is 36.9 Å². The summed E-state index contributed by atoms with van der Waals surface area (Å²) in [4.78, 5) is 4.13. The Morgan fingerprint density at radius 2 is 1.06 bits per heavy atom. The van der Waals surface area contributed by atoms with Gasteiger partial charge in [0.25, 0.3) is 0 Å². The average Bonchev–Trinajstić information content (AvgIpc) is 2.68. The highest BCUT2D eigenvalue weighted by Gasteiger charge is 2.38. The number of hydrogen-bond donors (Lipinski definition) is 0. The van der Waals surface area contributed by atoms with Crippen LogP contribution in [0.5, 0.6) is 5.75 Å². The SMILES string of the molecule is Cc1c(C)c([S+](c2ccccc2)c2ccccc2)c(C)c(C(C)(C)C)c1OC(C)(C)C. The summed E-state index contributed by atoms with van der Waals surface area (Å²) in [5, 5.41) is 0. The molecular weight excluding hydrogens is 396 g/mol. The van der Waals surface area contributed by atoms with Crippen LogP contribution in [0.25, 0.3) is 0 Å². The second-order valence-corrected chi connectivity index (χ2v) is 12.3. The Balaban J connectivity index is 2.40. The highest BCUT2D eigenvalue weighted by Crippen LogP contribution is 2.46. The lowest BCUT2D eigenvalue weighted by Crippen LogP contribution is -2.28. The van der Waals surface area contributed by atoms with E-state index in [9.17, 15) is 0 Å². The van der Waals surface area contributed by atoms with E-state index in [0.717, 1.165) is 5.75 Å². The zero-order valence-electron chi connectivity index (χ0n) is 20.6. The van der Waals surface area contributed by atoms with Crippen molar-refractivity contribution in [2.75, 3.05) is 0 Å². The molecule has 0 aliphatic carbocycles. The Kier molecular flexibility index (Phi) is 6.62. The smallest absolute Gasteiger partial charge is 0.173 e. The molecule has 1 nitrogen and oxygen atoms in total. The summed E-state index contributed by atoms with van der Waals surface area (Å²) >= 11 is 0. The van der Waals surface area contributed by atoms with Gasteiger partial charge >= 0.3 is 0 Å². The molecule has 0 aliphatic rings. The Morgan fingerprint density at radius 3 is 1.45 bits per heavy atom. The van der Waals surface area contributed by atoms with Crippen LogP contribution >= 0.6 is 0 Å². The van der Waals surface area contributed by atoms with Gasteiger partial charge in [-0.3, -0.25) is 0 Å². The molecule has 2 heteroatoms. The molecule has 0 atom stereocenters. The molecule has 3 rings (SSSR count). The lowest BCUT2D eigenvalue weighted by atomic mass is 9.81. The fourth-order valence-corrected chi connectivity index (χ4v) is 6.69. The number of rotatable bonds is 4. The summed E-state index contributed by atoms with van der Waals surface area (Å²) in [6, 6.07) is 21.9. The van der Waals surface area contributed by atoms with E-state index in [0.29, 0.717) is 0 Å². The molecule has 0 radical (unpaired) electrons.